The molecule has 1 aromatic rings. The number of unbranched alkanes of at least 4 members (excludes halogenated alkanes) is 1. The highest BCUT2D eigenvalue weighted by Crippen LogP contribution is 2.20. The maximum atomic E-state index is 10.1. The quantitative estimate of drug-likeness (QED) is 0.731. The zero-order valence-electron chi connectivity index (χ0n) is 8.36. The van der Waals surface area contributed by atoms with E-state index in [0.29, 0.717) is 5.56 Å². The van der Waals surface area contributed by atoms with Crippen molar-refractivity contribution in [3.8, 4) is 5.75 Å². The molecule has 0 aliphatic rings. The van der Waals surface area contributed by atoms with Crippen molar-refractivity contribution in [3.05, 3.63) is 34.2 Å². The van der Waals surface area contributed by atoms with Gasteiger partial charge in [-0.25, -0.2) is 0 Å². The maximum absolute atomic E-state index is 10.1. The Kier molecular flexibility index (Phi) is 4.11. The van der Waals surface area contributed by atoms with Crippen LogP contribution in [0.25, 0.3) is 0 Å². The molecule has 3 nitrogen and oxygen atoms in total. The highest BCUT2D eigenvalue weighted by Gasteiger charge is 2.02. The summed E-state index contributed by atoms with van der Waals surface area (Å²) in [4.78, 5) is 10.1. The standard InChI is InChI=1S/C11H15NO2/c1-2-3-4-9-5-6-11(13)10(7-9)8-12-14/h5-7,13H,2-4,8H2,1H3. The van der Waals surface area contributed by atoms with Gasteiger partial charge in [0.05, 0.1) is 0 Å². The van der Waals surface area contributed by atoms with Gasteiger partial charge in [0.15, 0.2) is 0 Å². The van der Waals surface area contributed by atoms with Crippen LogP contribution in [0.2, 0.25) is 0 Å². The Labute approximate surface area is 83.7 Å². The Hall–Kier alpha value is -1.38. The molecule has 0 unspecified atom stereocenters. The first-order valence-electron chi connectivity index (χ1n) is 4.87. The van der Waals surface area contributed by atoms with Crippen molar-refractivity contribution in [1.29, 1.82) is 0 Å². The van der Waals surface area contributed by atoms with Crippen LogP contribution in [0.5, 0.6) is 5.75 Å². The Morgan fingerprint density at radius 3 is 2.86 bits per heavy atom. The molecule has 14 heavy (non-hydrogen) atoms. The lowest BCUT2D eigenvalue weighted by Gasteiger charge is -2.04. The smallest absolute Gasteiger partial charge is 0.120 e. The van der Waals surface area contributed by atoms with Crippen molar-refractivity contribution in [2.45, 2.75) is 32.7 Å². The molecule has 0 atom stereocenters. The predicted molar refractivity (Wildman–Crippen MR) is 56.2 cm³/mol. The van der Waals surface area contributed by atoms with Gasteiger partial charge >= 0.3 is 0 Å². The van der Waals surface area contributed by atoms with E-state index in [1.54, 1.807) is 6.07 Å². The molecule has 0 aromatic heterocycles. The van der Waals surface area contributed by atoms with Crippen molar-refractivity contribution < 1.29 is 5.11 Å². The molecule has 0 fully saturated rings. The predicted octanol–water partition coefficient (Wildman–Crippen LogP) is 3.00. The number of nitroso groups, excluding NO2 is 1. The second-order valence-electron chi connectivity index (χ2n) is 3.35. The van der Waals surface area contributed by atoms with Gasteiger partial charge in [0.2, 0.25) is 0 Å². The summed E-state index contributed by atoms with van der Waals surface area (Å²) in [6.45, 7) is 2.18. The average molecular weight is 193 g/mol. The topological polar surface area (TPSA) is 49.7 Å². The molecule has 0 aliphatic carbocycles. The number of hydrogen-bond donors (Lipinski definition) is 1. The summed E-state index contributed by atoms with van der Waals surface area (Å²) >= 11 is 0. The first-order valence-corrected chi connectivity index (χ1v) is 4.87. The number of rotatable bonds is 5. The third-order valence-corrected chi connectivity index (χ3v) is 2.20. The number of hydrogen-bond acceptors (Lipinski definition) is 3. The number of aromatic hydroxyl groups is 1. The van der Waals surface area contributed by atoms with Gasteiger partial charge in [-0.1, -0.05) is 30.7 Å². The Balaban J connectivity index is 2.77. The highest BCUT2D eigenvalue weighted by molar-refractivity contribution is 5.36. The first-order chi connectivity index (χ1) is 6.77. The van der Waals surface area contributed by atoms with Gasteiger partial charge in [-0.3, -0.25) is 0 Å². The molecule has 1 rings (SSSR count). The second-order valence-corrected chi connectivity index (χ2v) is 3.35. The molecule has 0 saturated heterocycles. The van der Waals surface area contributed by atoms with E-state index in [-0.39, 0.29) is 12.3 Å². The second kappa shape index (κ2) is 5.37. The van der Waals surface area contributed by atoms with E-state index in [1.165, 1.54) is 0 Å². The summed E-state index contributed by atoms with van der Waals surface area (Å²) in [6.07, 6.45) is 3.25. The van der Waals surface area contributed by atoms with E-state index < -0.39 is 0 Å². The summed E-state index contributed by atoms with van der Waals surface area (Å²) in [6, 6.07) is 5.37. The molecule has 1 aromatic carbocycles. The third-order valence-electron chi connectivity index (χ3n) is 2.20. The number of phenolic OH excluding ortho intramolecular Hbond substituents is 1. The van der Waals surface area contributed by atoms with Gasteiger partial charge in [-0.2, -0.15) is 4.91 Å². The summed E-state index contributed by atoms with van der Waals surface area (Å²) in [5.41, 5.74) is 1.77. The maximum Gasteiger partial charge on any atom is 0.120 e. The molecule has 0 bridgehead atoms. The van der Waals surface area contributed by atoms with Crippen LogP contribution in [-0.4, -0.2) is 5.11 Å². The lowest BCUT2D eigenvalue weighted by molar-refractivity contribution is 0.468. The van der Waals surface area contributed by atoms with Crippen LogP contribution in [0.15, 0.2) is 23.4 Å². The zero-order valence-corrected chi connectivity index (χ0v) is 8.36. The van der Waals surface area contributed by atoms with Crippen molar-refractivity contribution in [2.24, 2.45) is 5.18 Å². The minimum absolute atomic E-state index is 0.0474. The molecule has 0 spiro atoms. The van der Waals surface area contributed by atoms with Gasteiger partial charge in [-0.15, -0.1) is 0 Å². The molecular formula is C11H15NO2. The normalized spacial score (nSPS) is 10.1. The molecule has 0 radical (unpaired) electrons. The van der Waals surface area contributed by atoms with Gasteiger partial charge in [0.1, 0.15) is 12.3 Å². The molecule has 1 N–H and O–H groups in total. The van der Waals surface area contributed by atoms with Gasteiger partial charge in [0.25, 0.3) is 0 Å². The lowest BCUT2D eigenvalue weighted by atomic mass is 10.0. The molecule has 0 saturated carbocycles. The lowest BCUT2D eigenvalue weighted by Crippen LogP contribution is -1.88. The zero-order chi connectivity index (χ0) is 10.4. The van der Waals surface area contributed by atoms with E-state index in [0.717, 1.165) is 24.8 Å². The average Bonchev–Trinajstić information content (AvgIpc) is 2.19. The van der Waals surface area contributed by atoms with Gasteiger partial charge in [-0.05, 0) is 24.5 Å². The number of aryl methyl sites for hydroxylation is 1. The first kappa shape index (κ1) is 10.7. The van der Waals surface area contributed by atoms with E-state index in [1.807, 2.05) is 12.1 Å². The van der Waals surface area contributed by atoms with Gasteiger partial charge in [0, 0.05) is 5.56 Å². The summed E-state index contributed by atoms with van der Waals surface area (Å²) in [5.74, 6) is 0.157. The minimum Gasteiger partial charge on any atom is -0.508 e. The Morgan fingerprint density at radius 1 is 1.43 bits per heavy atom. The van der Waals surface area contributed by atoms with Crippen LogP contribution in [0, 0.1) is 4.91 Å². The number of nitrogens with zero attached hydrogens (tertiary/aromatic N) is 1. The molecule has 3 heteroatoms. The molecule has 76 valence electrons. The summed E-state index contributed by atoms with van der Waals surface area (Å²) in [7, 11) is 0. The largest absolute Gasteiger partial charge is 0.508 e. The Bertz CT molecular complexity index is 310. The number of benzene rings is 1. The monoisotopic (exact) mass is 193 g/mol. The van der Waals surface area contributed by atoms with Crippen molar-refractivity contribution >= 4 is 0 Å². The van der Waals surface area contributed by atoms with E-state index >= 15 is 0 Å². The van der Waals surface area contributed by atoms with Crippen LogP contribution in [0.3, 0.4) is 0 Å². The van der Waals surface area contributed by atoms with E-state index in [4.69, 9.17) is 0 Å². The Morgan fingerprint density at radius 2 is 2.21 bits per heavy atom. The van der Waals surface area contributed by atoms with Crippen LogP contribution < -0.4 is 0 Å². The molecule has 0 heterocycles. The van der Waals surface area contributed by atoms with Crippen LogP contribution >= 0.6 is 0 Å². The van der Waals surface area contributed by atoms with Crippen molar-refractivity contribution in [1.82, 2.24) is 0 Å². The van der Waals surface area contributed by atoms with Gasteiger partial charge < -0.3 is 5.11 Å². The molecule has 0 aliphatic heterocycles. The summed E-state index contributed by atoms with van der Waals surface area (Å²) in [5, 5.41) is 12.2. The SMILES string of the molecule is CCCCc1ccc(O)c(CN=O)c1. The fourth-order valence-electron chi connectivity index (χ4n) is 1.37. The molecule has 0 amide bonds. The number of phenols is 1. The fraction of sp³-hybridized carbons (Fsp3) is 0.455. The van der Waals surface area contributed by atoms with Crippen LogP contribution in [0.1, 0.15) is 30.9 Å². The molecular weight excluding hydrogens is 178 g/mol. The summed E-state index contributed by atoms with van der Waals surface area (Å²) < 4.78 is 0. The van der Waals surface area contributed by atoms with Crippen LogP contribution in [-0.2, 0) is 13.0 Å². The van der Waals surface area contributed by atoms with Crippen molar-refractivity contribution in [3.63, 3.8) is 0 Å². The van der Waals surface area contributed by atoms with E-state index in [2.05, 4.69) is 12.1 Å². The highest BCUT2D eigenvalue weighted by atomic mass is 16.3. The minimum atomic E-state index is 0.0474. The third kappa shape index (κ3) is 2.83. The van der Waals surface area contributed by atoms with E-state index in [9.17, 15) is 10.0 Å². The fourth-order valence-corrected chi connectivity index (χ4v) is 1.37. The van der Waals surface area contributed by atoms with Crippen LogP contribution in [0.4, 0.5) is 0 Å². The van der Waals surface area contributed by atoms with Crippen molar-refractivity contribution in [2.75, 3.05) is 0 Å².